The molecule has 1 heterocycles. The highest BCUT2D eigenvalue weighted by Gasteiger charge is 2.22. The van der Waals surface area contributed by atoms with E-state index in [1.807, 2.05) is 0 Å². The molecule has 17 heavy (non-hydrogen) atoms. The number of nitro groups is 1. The Morgan fingerprint density at radius 1 is 1.41 bits per heavy atom. The van der Waals surface area contributed by atoms with Gasteiger partial charge in [-0.1, -0.05) is 12.1 Å². The van der Waals surface area contributed by atoms with Gasteiger partial charge in [0.15, 0.2) is 5.75 Å². The molecule has 1 aromatic carbocycles. The van der Waals surface area contributed by atoms with E-state index in [0.717, 1.165) is 25.9 Å². The van der Waals surface area contributed by atoms with Crippen LogP contribution in [0.5, 0.6) is 5.75 Å². The van der Waals surface area contributed by atoms with Gasteiger partial charge in [0.1, 0.15) is 6.10 Å². The van der Waals surface area contributed by atoms with Gasteiger partial charge in [-0.05, 0) is 38.9 Å². The summed E-state index contributed by atoms with van der Waals surface area (Å²) in [7, 11) is 0. The molecular weight excluding hydrogens is 220 g/mol. The lowest BCUT2D eigenvalue weighted by atomic mass is 10.1. The predicted molar refractivity (Wildman–Crippen MR) is 64.4 cm³/mol. The summed E-state index contributed by atoms with van der Waals surface area (Å²) in [6, 6.07) is 5.19. The molecule has 92 valence electrons. The molecule has 0 spiro atoms. The van der Waals surface area contributed by atoms with E-state index in [1.54, 1.807) is 25.1 Å². The summed E-state index contributed by atoms with van der Waals surface area (Å²) < 4.78 is 5.75. The fourth-order valence-corrected chi connectivity index (χ4v) is 2.05. The largest absolute Gasteiger partial charge is 0.483 e. The predicted octanol–water partition coefficient (Wildman–Crippen LogP) is 2.03. The molecule has 5 nitrogen and oxygen atoms in total. The van der Waals surface area contributed by atoms with Crippen molar-refractivity contribution in [2.75, 3.05) is 13.1 Å². The Bertz CT molecular complexity index is 414. The third-order valence-corrected chi connectivity index (χ3v) is 2.96. The van der Waals surface area contributed by atoms with Gasteiger partial charge in [0.2, 0.25) is 0 Å². The maximum absolute atomic E-state index is 11.0. The van der Waals surface area contributed by atoms with Crippen molar-refractivity contribution in [1.29, 1.82) is 0 Å². The van der Waals surface area contributed by atoms with E-state index in [9.17, 15) is 10.1 Å². The number of nitrogens with zero attached hydrogens (tertiary/aromatic N) is 1. The number of ether oxygens (including phenoxy) is 1. The molecule has 0 amide bonds. The lowest BCUT2D eigenvalue weighted by Crippen LogP contribution is -2.34. The van der Waals surface area contributed by atoms with Crippen LogP contribution in [0.3, 0.4) is 0 Å². The average molecular weight is 236 g/mol. The Morgan fingerprint density at radius 3 is 2.76 bits per heavy atom. The minimum Gasteiger partial charge on any atom is -0.483 e. The number of para-hydroxylation sites is 1. The minimum atomic E-state index is -0.369. The lowest BCUT2D eigenvalue weighted by Gasteiger charge is -2.23. The van der Waals surface area contributed by atoms with Crippen LogP contribution in [0.1, 0.15) is 18.4 Å². The first-order valence-corrected chi connectivity index (χ1v) is 5.80. The Morgan fingerprint density at radius 2 is 2.12 bits per heavy atom. The first-order chi connectivity index (χ1) is 8.18. The van der Waals surface area contributed by atoms with E-state index < -0.39 is 0 Å². The number of hydrogen-bond donors (Lipinski definition) is 1. The van der Waals surface area contributed by atoms with Crippen molar-refractivity contribution in [2.24, 2.45) is 0 Å². The zero-order chi connectivity index (χ0) is 12.3. The zero-order valence-corrected chi connectivity index (χ0v) is 9.81. The van der Waals surface area contributed by atoms with Gasteiger partial charge in [0, 0.05) is 5.56 Å². The van der Waals surface area contributed by atoms with Crippen LogP contribution in [0.25, 0.3) is 0 Å². The van der Waals surface area contributed by atoms with Crippen LogP contribution in [-0.4, -0.2) is 24.1 Å². The van der Waals surface area contributed by atoms with Gasteiger partial charge in [-0.3, -0.25) is 10.1 Å². The highest BCUT2D eigenvalue weighted by Crippen LogP contribution is 2.31. The molecule has 0 saturated carbocycles. The smallest absolute Gasteiger partial charge is 0.313 e. The summed E-state index contributed by atoms with van der Waals surface area (Å²) >= 11 is 0. The van der Waals surface area contributed by atoms with Crippen LogP contribution in [0.2, 0.25) is 0 Å². The minimum absolute atomic E-state index is 0.0803. The Kier molecular flexibility index (Phi) is 3.58. The van der Waals surface area contributed by atoms with Gasteiger partial charge < -0.3 is 10.1 Å². The Labute approximate surface area is 99.9 Å². The molecular formula is C12H16N2O3. The topological polar surface area (TPSA) is 64.4 Å². The maximum Gasteiger partial charge on any atom is 0.313 e. The highest BCUT2D eigenvalue weighted by atomic mass is 16.6. The summed E-state index contributed by atoms with van der Waals surface area (Å²) in [5, 5.41) is 14.2. The second-order valence-corrected chi connectivity index (χ2v) is 4.25. The SMILES string of the molecule is Cc1cccc(OC2CCNCC2)c1[N+](=O)[O-]. The zero-order valence-electron chi connectivity index (χ0n) is 9.81. The third kappa shape index (κ3) is 2.74. The monoisotopic (exact) mass is 236 g/mol. The number of nitrogens with one attached hydrogen (secondary N) is 1. The number of piperidine rings is 1. The number of aryl methyl sites for hydroxylation is 1. The van der Waals surface area contributed by atoms with Crippen molar-refractivity contribution in [3.05, 3.63) is 33.9 Å². The van der Waals surface area contributed by atoms with Crippen molar-refractivity contribution >= 4 is 5.69 Å². The van der Waals surface area contributed by atoms with Crippen LogP contribution < -0.4 is 10.1 Å². The van der Waals surface area contributed by atoms with E-state index in [-0.39, 0.29) is 16.7 Å². The summed E-state index contributed by atoms with van der Waals surface area (Å²) in [6.45, 7) is 3.54. The Balaban J connectivity index is 2.19. The average Bonchev–Trinajstić information content (AvgIpc) is 2.30. The second-order valence-electron chi connectivity index (χ2n) is 4.25. The molecule has 0 atom stereocenters. The first-order valence-electron chi connectivity index (χ1n) is 5.80. The third-order valence-electron chi connectivity index (χ3n) is 2.96. The van der Waals surface area contributed by atoms with Crippen molar-refractivity contribution in [3.63, 3.8) is 0 Å². The van der Waals surface area contributed by atoms with Crippen LogP contribution in [-0.2, 0) is 0 Å². The van der Waals surface area contributed by atoms with Gasteiger partial charge in [0.25, 0.3) is 0 Å². The molecule has 1 N–H and O–H groups in total. The van der Waals surface area contributed by atoms with E-state index in [2.05, 4.69) is 5.32 Å². The molecule has 0 aromatic heterocycles. The Hall–Kier alpha value is -1.62. The number of benzene rings is 1. The van der Waals surface area contributed by atoms with Gasteiger partial charge in [0.05, 0.1) is 4.92 Å². The van der Waals surface area contributed by atoms with Gasteiger partial charge in [-0.2, -0.15) is 0 Å². The van der Waals surface area contributed by atoms with Crippen molar-refractivity contribution in [3.8, 4) is 5.75 Å². The molecule has 2 rings (SSSR count). The van der Waals surface area contributed by atoms with E-state index >= 15 is 0 Å². The standard InChI is InChI=1S/C12H16N2O3/c1-9-3-2-4-11(12(9)14(15)16)17-10-5-7-13-8-6-10/h2-4,10,13H,5-8H2,1H3. The van der Waals surface area contributed by atoms with Crippen LogP contribution in [0.15, 0.2) is 18.2 Å². The fraction of sp³-hybridized carbons (Fsp3) is 0.500. The van der Waals surface area contributed by atoms with Crippen LogP contribution >= 0.6 is 0 Å². The summed E-state index contributed by atoms with van der Waals surface area (Å²) in [5.41, 5.74) is 0.729. The summed E-state index contributed by atoms with van der Waals surface area (Å²) in [4.78, 5) is 10.6. The van der Waals surface area contributed by atoms with Crippen molar-refractivity contribution in [1.82, 2.24) is 5.32 Å². The fourth-order valence-electron chi connectivity index (χ4n) is 2.05. The molecule has 0 radical (unpaired) electrons. The highest BCUT2D eigenvalue weighted by molar-refractivity contribution is 5.52. The van der Waals surface area contributed by atoms with E-state index in [4.69, 9.17) is 4.74 Å². The van der Waals surface area contributed by atoms with Crippen molar-refractivity contribution < 1.29 is 9.66 Å². The second kappa shape index (κ2) is 5.14. The summed E-state index contributed by atoms with van der Waals surface area (Å²) in [5.74, 6) is 0.391. The van der Waals surface area contributed by atoms with Crippen molar-refractivity contribution in [2.45, 2.75) is 25.9 Å². The normalized spacial score (nSPS) is 16.8. The molecule has 1 fully saturated rings. The van der Waals surface area contributed by atoms with Gasteiger partial charge in [-0.25, -0.2) is 0 Å². The van der Waals surface area contributed by atoms with E-state index in [1.165, 1.54) is 0 Å². The van der Waals surface area contributed by atoms with Gasteiger partial charge >= 0.3 is 5.69 Å². The lowest BCUT2D eigenvalue weighted by molar-refractivity contribution is -0.386. The number of rotatable bonds is 3. The first kappa shape index (κ1) is 11.9. The molecule has 0 bridgehead atoms. The molecule has 0 unspecified atom stereocenters. The number of hydrogen-bond acceptors (Lipinski definition) is 4. The quantitative estimate of drug-likeness (QED) is 0.644. The molecule has 1 aliphatic rings. The molecule has 1 aromatic rings. The molecule has 1 saturated heterocycles. The maximum atomic E-state index is 11.0. The number of nitro benzene ring substituents is 1. The molecule has 0 aliphatic carbocycles. The molecule has 1 aliphatic heterocycles. The van der Waals surface area contributed by atoms with Gasteiger partial charge in [-0.15, -0.1) is 0 Å². The van der Waals surface area contributed by atoms with Crippen LogP contribution in [0.4, 0.5) is 5.69 Å². The van der Waals surface area contributed by atoms with Crippen LogP contribution in [0, 0.1) is 17.0 Å². The molecule has 5 heteroatoms. The van der Waals surface area contributed by atoms with E-state index in [0.29, 0.717) is 11.3 Å². The summed E-state index contributed by atoms with van der Waals surface area (Å²) in [6.07, 6.45) is 1.87.